The summed E-state index contributed by atoms with van der Waals surface area (Å²) in [5.41, 5.74) is 4.78. The summed E-state index contributed by atoms with van der Waals surface area (Å²) in [6.07, 6.45) is 1.84. The third-order valence-electron chi connectivity index (χ3n) is 5.79. The maximum atomic E-state index is 13.1. The van der Waals surface area contributed by atoms with Crippen LogP contribution in [0.5, 0.6) is 0 Å². The van der Waals surface area contributed by atoms with Crippen molar-refractivity contribution in [3.8, 4) is 0 Å². The topological polar surface area (TPSA) is 81.3 Å². The van der Waals surface area contributed by atoms with Gasteiger partial charge >= 0.3 is 0 Å². The average molecular weight is 464 g/mol. The minimum Gasteiger partial charge on any atom is -0.325 e. The van der Waals surface area contributed by atoms with E-state index >= 15 is 0 Å². The van der Waals surface area contributed by atoms with Crippen molar-refractivity contribution in [1.82, 2.24) is 19.2 Å². The van der Waals surface area contributed by atoms with Gasteiger partial charge < -0.3 is 5.32 Å². The van der Waals surface area contributed by atoms with Crippen LogP contribution >= 0.6 is 11.8 Å². The number of benzene rings is 2. The highest BCUT2D eigenvalue weighted by Gasteiger charge is 2.22. The first kappa shape index (κ1) is 23.0. The second kappa shape index (κ2) is 9.39. The molecule has 0 saturated heterocycles. The Balaban J connectivity index is 1.70. The van der Waals surface area contributed by atoms with Crippen LogP contribution in [-0.2, 0) is 11.3 Å². The normalized spacial score (nSPS) is 12.4. The first-order valence-corrected chi connectivity index (χ1v) is 12.1. The van der Waals surface area contributed by atoms with Crippen LogP contribution in [0.1, 0.15) is 43.4 Å². The van der Waals surface area contributed by atoms with Crippen molar-refractivity contribution < 1.29 is 4.79 Å². The standard InChI is InChI=1S/C25H29N5O2S/c1-6-7-12-29-23(32)19-10-8-9-11-20(19)30-24(29)27-28-25(30)33-18(5)22(31)26-21-16(3)13-15(2)14-17(21)4/h8-11,13-14,18H,6-7,12H2,1-5H3,(H,26,31). The number of nitrogens with one attached hydrogen (secondary N) is 1. The summed E-state index contributed by atoms with van der Waals surface area (Å²) in [5, 5.41) is 12.6. The Hall–Kier alpha value is -3.13. The molecular weight excluding hydrogens is 434 g/mol. The number of nitrogens with zero attached hydrogens (tertiary/aromatic N) is 4. The molecule has 0 aliphatic rings. The van der Waals surface area contributed by atoms with Gasteiger partial charge in [0.15, 0.2) is 5.16 Å². The molecule has 0 saturated carbocycles. The van der Waals surface area contributed by atoms with Gasteiger partial charge in [0, 0.05) is 12.2 Å². The fraction of sp³-hybridized carbons (Fsp3) is 0.360. The lowest BCUT2D eigenvalue weighted by Gasteiger charge is -2.16. The summed E-state index contributed by atoms with van der Waals surface area (Å²) in [6, 6.07) is 11.6. The Morgan fingerprint density at radius 2 is 1.82 bits per heavy atom. The third kappa shape index (κ3) is 4.39. The molecule has 1 amide bonds. The molecule has 33 heavy (non-hydrogen) atoms. The number of unbranched alkanes of at least 4 members (excludes halogenated alkanes) is 1. The fourth-order valence-electron chi connectivity index (χ4n) is 4.14. The smallest absolute Gasteiger partial charge is 0.262 e. The van der Waals surface area contributed by atoms with Gasteiger partial charge in [0.2, 0.25) is 11.7 Å². The number of hydrogen-bond acceptors (Lipinski definition) is 5. The Labute approximate surface area is 197 Å². The van der Waals surface area contributed by atoms with E-state index in [1.54, 1.807) is 4.57 Å². The summed E-state index contributed by atoms with van der Waals surface area (Å²) in [6.45, 7) is 10.6. The maximum Gasteiger partial charge on any atom is 0.262 e. The van der Waals surface area contributed by atoms with E-state index in [0.29, 0.717) is 22.9 Å². The van der Waals surface area contributed by atoms with Crippen LogP contribution < -0.4 is 10.9 Å². The predicted octanol–water partition coefficient (Wildman–Crippen LogP) is 4.89. The number of para-hydroxylation sites is 1. The number of carbonyl (C=O) groups is 1. The van der Waals surface area contributed by atoms with Crippen molar-refractivity contribution in [3.05, 3.63) is 63.4 Å². The van der Waals surface area contributed by atoms with Crippen molar-refractivity contribution in [1.29, 1.82) is 0 Å². The minimum absolute atomic E-state index is 0.0633. The molecule has 1 N–H and O–H groups in total. The lowest BCUT2D eigenvalue weighted by molar-refractivity contribution is -0.115. The van der Waals surface area contributed by atoms with Crippen LogP contribution in [0.25, 0.3) is 16.7 Å². The van der Waals surface area contributed by atoms with Crippen LogP contribution in [0, 0.1) is 20.8 Å². The molecule has 8 heteroatoms. The number of carbonyl (C=O) groups excluding carboxylic acids is 1. The highest BCUT2D eigenvalue weighted by atomic mass is 32.2. The van der Waals surface area contributed by atoms with Gasteiger partial charge in [0.25, 0.3) is 5.56 Å². The van der Waals surface area contributed by atoms with E-state index in [4.69, 9.17) is 0 Å². The number of thioether (sulfide) groups is 1. The molecule has 172 valence electrons. The molecule has 2 heterocycles. The zero-order valence-corrected chi connectivity index (χ0v) is 20.5. The highest BCUT2D eigenvalue weighted by molar-refractivity contribution is 8.00. The highest BCUT2D eigenvalue weighted by Crippen LogP contribution is 2.27. The van der Waals surface area contributed by atoms with E-state index < -0.39 is 5.25 Å². The van der Waals surface area contributed by atoms with E-state index in [2.05, 4.69) is 34.6 Å². The monoisotopic (exact) mass is 463 g/mol. The van der Waals surface area contributed by atoms with E-state index in [0.717, 1.165) is 35.2 Å². The van der Waals surface area contributed by atoms with Gasteiger partial charge in [-0.25, -0.2) is 0 Å². The van der Waals surface area contributed by atoms with Gasteiger partial charge in [0.1, 0.15) is 0 Å². The molecule has 0 aliphatic heterocycles. The summed E-state index contributed by atoms with van der Waals surface area (Å²) < 4.78 is 3.58. The van der Waals surface area contributed by atoms with Crippen molar-refractivity contribution >= 4 is 40.0 Å². The summed E-state index contributed by atoms with van der Waals surface area (Å²) in [7, 11) is 0. The number of rotatable bonds is 7. The molecule has 0 fully saturated rings. The second-order valence-electron chi connectivity index (χ2n) is 8.47. The molecule has 4 aromatic rings. The first-order valence-electron chi connectivity index (χ1n) is 11.2. The van der Waals surface area contributed by atoms with Gasteiger partial charge in [-0.3, -0.25) is 18.6 Å². The molecule has 0 spiro atoms. The fourth-order valence-corrected chi connectivity index (χ4v) is 5.00. The SMILES string of the molecule is CCCCn1c(=O)c2ccccc2n2c(SC(C)C(=O)Nc3c(C)cc(C)cc3C)nnc12. The molecule has 0 aliphatic carbocycles. The quantitative estimate of drug-likeness (QED) is 0.395. The van der Waals surface area contributed by atoms with Gasteiger partial charge in [-0.1, -0.05) is 54.9 Å². The third-order valence-corrected chi connectivity index (χ3v) is 6.83. The Kier molecular flexibility index (Phi) is 6.56. The number of hydrogen-bond donors (Lipinski definition) is 1. The molecule has 2 aromatic carbocycles. The Morgan fingerprint density at radius 3 is 2.52 bits per heavy atom. The number of anilines is 1. The molecular formula is C25H29N5O2S. The molecule has 1 atom stereocenters. The van der Waals surface area contributed by atoms with Crippen molar-refractivity contribution in [2.75, 3.05) is 5.32 Å². The zero-order chi connectivity index (χ0) is 23.7. The number of aromatic nitrogens is 4. The Bertz CT molecular complexity index is 1380. The van der Waals surface area contributed by atoms with E-state index in [1.807, 2.05) is 56.4 Å². The predicted molar refractivity (Wildman–Crippen MR) is 134 cm³/mol. The molecule has 1 unspecified atom stereocenters. The van der Waals surface area contributed by atoms with Crippen LogP contribution in [0.15, 0.2) is 46.3 Å². The molecule has 0 radical (unpaired) electrons. The van der Waals surface area contributed by atoms with Crippen molar-refractivity contribution in [3.63, 3.8) is 0 Å². The summed E-state index contributed by atoms with van der Waals surface area (Å²) in [5.74, 6) is 0.405. The molecule has 7 nitrogen and oxygen atoms in total. The van der Waals surface area contributed by atoms with Crippen LogP contribution in [0.4, 0.5) is 5.69 Å². The summed E-state index contributed by atoms with van der Waals surface area (Å²) >= 11 is 1.34. The second-order valence-corrected chi connectivity index (χ2v) is 9.78. The zero-order valence-electron chi connectivity index (χ0n) is 19.7. The van der Waals surface area contributed by atoms with E-state index in [9.17, 15) is 9.59 Å². The minimum atomic E-state index is -0.410. The van der Waals surface area contributed by atoms with Crippen molar-refractivity contribution in [2.45, 2.75) is 64.4 Å². The van der Waals surface area contributed by atoms with Gasteiger partial charge in [-0.05, 0) is 57.4 Å². The van der Waals surface area contributed by atoms with Gasteiger partial charge in [-0.2, -0.15) is 0 Å². The summed E-state index contributed by atoms with van der Waals surface area (Å²) in [4.78, 5) is 26.1. The van der Waals surface area contributed by atoms with E-state index in [1.165, 1.54) is 17.3 Å². The Morgan fingerprint density at radius 1 is 1.12 bits per heavy atom. The lowest BCUT2D eigenvalue weighted by atomic mass is 10.1. The molecule has 2 aromatic heterocycles. The van der Waals surface area contributed by atoms with Crippen LogP contribution in [-0.4, -0.2) is 30.3 Å². The van der Waals surface area contributed by atoms with Crippen LogP contribution in [0.2, 0.25) is 0 Å². The van der Waals surface area contributed by atoms with E-state index in [-0.39, 0.29) is 11.5 Å². The maximum absolute atomic E-state index is 13.1. The number of fused-ring (bicyclic) bond motifs is 3. The van der Waals surface area contributed by atoms with Gasteiger partial charge in [0.05, 0.1) is 16.2 Å². The van der Waals surface area contributed by atoms with Crippen LogP contribution in [0.3, 0.4) is 0 Å². The average Bonchev–Trinajstić information content (AvgIpc) is 3.19. The largest absolute Gasteiger partial charge is 0.325 e. The molecule has 0 bridgehead atoms. The molecule has 4 rings (SSSR count). The first-order chi connectivity index (χ1) is 15.8. The lowest BCUT2D eigenvalue weighted by Crippen LogP contribution is -2.25. The van der Waals surface area contributed by atoms with Crippen molar-refractivity contribution in [2.24, 2.45) is 0 Å². The van der Waals surface area contributed by atoms with Gasteiger partial charge in [-0.15, -0.1) is 10.2 Å². The number of aryl methyl sites for hydroxylation is 4. The number of amides is 1.